The van der Waals surface area contributed by atoms with Gasteiger partial charge in [0.15, 0.2) is 0 Å². The van der Waals surface area contributed by atoms with Crippen molar-refractivity contribution in [1.82, 2.24) is 0 Å². The summed E-state index contributed by atoms with van der Waals surface area (Å²) in [6, 6.07) is 17.6. The zero-order valence-electron chi connectivity index (χ0n) is 17.9. The summed E-state index contributed by atoms with van der Waals surface area (Å²) in [7, 11) is 3.06. The van der Waals surface area contributed by atoms with E-state index in [2.05, 4.69) is 10.6 Å². The van der Waals surface area contributed by atoms with Crippen molar-refractivity contribution in [3.8, 4) is 11.5 Å². The zero-order chi connectivity index (χ0) is 23.8. The van der Waals surface area contributed by atoms with E-state index in [0.29, 0.717) is 22.9 Å². The molecular formula is C23H21N3O6S. The number of carbonyl (C=O) groups excluding carboxylic acids is 2. The summed E-state index contributed by atoms with van der Waals surface area (Å²) in [5.41, 5.74) is 1.08. The molecule has 0 aliphatic carbocycles. The normalized spacial score (nSPS) is 10.2. The van der Waals surface area contributed by atoms with Gasteiger partial charge in [0.1, 0.15) is 11.5 Å². The molecule has 0 aliphatic heterocycles. The van der Waals surface area contributed by atoms with Gasteiger partial charge in [0.25, 0.3) is 11.6 Å². The first-order chi connectivity index (χ1) is 15.9. The topological polar surface area (TPSA) is 120 Å². The maximum atomic E-state index is 12.4. The number of anilines is 2. The maximum Gasteiger partial charge on any atom is 0.270 e. The number of nitro groups is 1. The number of nitrogens with one attached hydrogen (secondary N) is 2. The molecule has 170 valence electrons. The molecule has 0 aliphatic rings. The van der Waals surface area contributed by atoms with E-state index in [1.807, 2.05) is 0 Å². The smallest absolute Gasteiger partial charge is 0.270 e. The molecule has 3 aromatic rings. The molecule has 0 aromatic heterocycles. The van der Waals surface area contributed by atoms with Gasteiger partial charge in [-0.3, -0.25) is 19.7 Å². The number of rotatable bonds is 9. The van der Waals surface area contributed by atoms with Crippen LogP contribution in [0.2, 0.25) is 0 Å². The molecule has 2 amide bonds. The van der Waals surface area contributed by atoms with Gasteiger partial charge in [-0.2, -0.15) is 0 Å². The van der Waals surface area contributed by atoms with E-state index in [1.54, 1.807) is 49.6 Å². The molecule has 3 rings (SSSR count). The lowest BCUT2D eigenvalue weighted by Gasteiger charge is -2.12. The van der Waals surface area contributed by atoms with Crippen LogP contribution in [0.3, 0.4) is 0 Å². The number of methoxy groups -OCH3 is 2. The standard InChI is InChI=1S/C23H21N3O6S/c1-31-18-8-11-21(32-2)20(13-18)25-22(27)14-33-19-9-6-16(7-10-19)24-23(28)15-4-3-5-17(12-15)26(29)30/h3-13H,14H2,1-2H3,(H,24,28)(H,25,27). The quantitative estimate of drug-likeness (QED) is 0.268. The Morgan fingerprint density at radius 3 is 2.39 bits per heavy atom. The molecule has 9 nitrogen and oxygen atoms in total. The molecule has 10 heteroatoms. The lowest BCUT2D eigenvalue weighted by Crippen LogP contribution is -2.14. The average Bonchev–Trinajstić information content (AvgIpc) is 2.83. The molecule has 0 saturated heterocycles. The monoisotopic (exact) mass is 467 g/mol. The molecule has 33 heavy (non-hydrogen) atoms. The summed E-state index contributed by atoms with van der Waals surface area (Å²) in [4.78, 5) is 35.9. The Bertz CT molecular complexity index is 1170. The summed E-state index contributed by atoms with van der Waals surface area (Å²) in [5, 5.41) is 16.4. The Labute approximate surface area is 194 Å². The minimum absolute atomic E-state index is 0.153. The van der Waals surface area contributed by atoms with Gasteiger partial charge in [-0.05, 0) is 42.5 Å². The average molecular weight is 468 g/mol. The highest BCUT2D eigenvalue weighted by atomic mass is 32.2. The second-order valence-corrected chi connectivity index (χ2v) is 7.74. The van der Waals surface area contributed by atoms with Gasteiger partial charge in [-0.25, -0.2) is 0 Å². The van der Waals surface area contributed by atoms with Gasteiger partial charge in [-0.15, -0.1) is 11.8 Å². The van der Waals surface area contributed by atoms with Crippen molar-refractivity contribution in [1.29, 1.82) is 0 Å². The van der Waals surface area contributed by atoms with Gasteiger partial charge in [-0.1, -0.05) is 6.07 Å². The van der Waals surface area contributed by atoms with Crippen molar-refractivity contribution in [3.05, 3.63) is 82.4 Å². The highest BCUT2D eigenvalue weighted by molar-refractivity contribution is 8.00. The third-order valence-corrected chi connectivity index (χ3v) is 5.49. The number of benzene rings is 3. The van der Waals surface area contributed by atoms with E-state index in [9.17, 15) is 19.7 Å². The summed E-state index contributed by atoms with van der Waals surface area (Å²) in [6.45, 7) is 0. The van der Waals surface area contributed by atoms with Crippen LogP contribution < -0.4 is 20.1 Å². The SMILES string of the molecule is COc1ccc(OC)c(NC(=O)CSc2ccc(NC(=O)c3cccc([N+](=O)[O-])c3)cc2)c1. The molecule has 2 N–H and O–H groups in total. The number of carbonyl (C=O) groups is 2. The van der Waals surface area contributed by atoms with E-state index in [1.165, 1.54) is 43.1 Å². The van der Waals surface area contributed by atoms with E-state index in [-0.39, 0.29) is 22.9 Å². The van der Waals surface area contributed by atoms with Gasteiger partial charge < -0.3 is 20.1 Å². The maximum absolute atomic E-state index is 12.4. The van der Waals surface area contributed by atoms with Crippen molar-refractivity contribution in [2.24, 2.45) is 0 Å². The number of hydrogen-bond acceptors (Lipinski definition) is 7. The summed E-state index contributed by atoms with van der Waals surface area (Å²) in [6.07, 6.45) is 0. The number of thioether (sulfide) groups is 1. The Morgan fingerprint density at radius 1 is 0.970 bits per heavy atom. The van der Waals surface area contributed by atoms with Crippen LogP contribution in [-0.2, 0) is 4.79 Å². The Hall–Kier alpha value is -4.05. The van der Waals surface area contributed by atoms with Gasteiger partial charge in [0.2, 0.25) is 5.91 Å². The molecule has 3 aromatic carbocycles. The van der Waals surface area contributed by atoms with E-state index >= 15 is 0 Å². The molecule has 0 saturated carbocycles. The number of hydrogen-bond donors (Lipinski definition) is 2. The van der Waals surface area contributed by atoms with E-state index in [0.717, 1.165) is 4.90 Å². The van der Waals surface area contributed by atoms with Crippen LogP contribution in [0.15, 0.2) is 71.6 Å². The van der Waals surface area contributed by atoms with Crippen LogP contribution in [0.1, 0.15) is 10.4 Å². The number of non-ortho nitro benzene ring substituents is 1. The lowest BCUT2D eigenvalue weighted by atomic mass is 10.2. The number of nitro benzene ring substituents is 1. The van der Waals surface area contributed by atoms with Crippen molar-refractivity contribution < 1.29 is 24.0 Å². The van der Waals surface area contributed by atoms with Gasteiger partial charge in [0.05, 0.1) is 30.6 Å². The molecule has 0 atom stereocenters. The van der Waals surface area contributed by atoms with Crippen LogP contribution in [-0.4, -0.2) is 36.7 Å². The molecule has 0 heterocycles. The number of ether oxygens (including phenoxy) is 2. The van der Waals surface area contributed by atoms with Gasteiger partial charge >= 0.3 is 0 Å². The fraction of sp³-hybridized carbons (Fsp3) is 0.130. The van der Waals surface area contributed by atoms with E-state index in [4.69, 9.17) is 9.47 Å². The highest BCUT2D eigenvalue weighted by Crippen LogP contribution is 2.29. The number of nitrogens with zero attached hydrogens (tertiary/aromatic N) is 1. The third kappa shape index (κ3) is 6.47. The highest BCUT2D eigenvalue weighted by Gasteiger charge is 2.12. The van der Waals surface area contributed by atoms with Crippen LogP contribution in [0.4, 0.5) is 17.1 Å². The molecule has 0 bridgehead atoms. The van der Waals surface area contributed by atoms with Crippen molar-refractivity contribution in [2.75, 3.05) is 30.6 Å². The number of amides is 2. The van der Waals surface area contributed by atoms with Crippen molar-refractivity contribution in [2.45, 2.75) is 4.90 Å². The Morgan fingerprint density at radius 2 is 1.73 bits per heavy atom. The lowest BCUT2D eigenvalue weighted by molar-refractivity contribution is -0.384. The molecule has 0 unspecified atom stereocenters. The van der Waals surface area contributed by atoms with E-state index < -0.39 is 10.8 Å². The largest absolute Gasteiger partial charge is 0.497 e. The fourth-order valence-corrected chi connectivity index (χ4v) is 3.54. The molecule has 0 spiro atoms. The second-order valence-electron chi connectivity index (χ2n) is 6.69. The molecule has 0 radical (unpaired) electrons. The van der Waals surface area contributed by atoms with Crippen molar-refractivity contribution in [3.63, 3.8) is 0 Å². The predicted octanol–water partition coefficient (Wildman–Crippen LogP) is 4.60. The summed E-state index contributed by atoms with van der Waals surface area (Å²) >= 11 is 1.33. The molecule has 0 fully saturated rings. The second kappa shape index (κ2) is 11.0. The first kappa shape index (κ1) is 23.6. The summed E-state index contributed by atoms with van der Waals surface area (Å²) < 4.78 is 10.4. The Kier molecular flexibility index (Phi) is 7.87. The first-order valence-electron chi connectivity index (χ1n) is 9.70. The zero-order valence-corrected chi connectivity index (χ0v) is 18.7. The minimum atomic E-state index is -0.552. The van der Waals surface area contributed by atoms with Crippen LogP contribution >= 0.6 is 11.8 Å². The van der Waals surface area contributed by atoms with Gasteiger partial charge in [0, 0.05) is 34.3 Å². The fourth-order valence-electron chi connectivity index (χ4n) is 2.85. The predicted molar refractivity (Wildman–Crippen MR) is 126 cm³/mol. The first-order valence-corrected chi connectivity index (χ1v) is 10.7. The van der Waals surface area contributed by atoms with Crippen LogP contribution in [0, 0.1) is 10.1 Å². The van der Waals surface area contributed by atoms with Crippen molar-refractivity contribution >= 4 is 40.6 Å². The van der Waals surface area contributed by atoms with Crippen LogP contribution in [0.5, 0.6) is 11.5 Å². The minimum Gasteiger partial charge on any atom is -0.497 e. The molecular weight excluding hydrogens is 446 g/mol. The summed E-state index contributed by atoms with van der Waals surface area (Å²) in [5.74, 6) is 0.625. The Balaban J connectivity index is 1.55. The third-order valence-electron chi connectivity index (χ3n) is 4.48. The van der Waals surface area contributed by atoms with Crippen LogP contribution in [0.25, 0.3) is 0 Å².